The van der Waals surface area contributed by atoms with Crippen molar-refractivity contribution in [2.45, 2.75) is 44.3 Å². The van der Waals surface area contributed by atoms with Gasteiger partial charge < -0.3 is 10.0 Å². The van der Waals surface area contributed by atoms with Crippen LogP contribution in [0.3, 0.4) is 0 Å². The van der Waals surface area contributed by atoms with Crippen molar-refractivity contribution >= 4 is 11.6 Å². The van der Waals surface area contributed by atoms with Crippen molar-refractivity contribution < 1.29 is 33.5 Å². The molecule has 1 aromatic rings. The molecule has 1 aromatic carbocycles. The Hall–Kier alpha value is -2.00. The van der Waals surface area contributed by atoms with E-state index in [-0.39, 0.29) is 35.5 Å². The van der Waals surface area contributed by atoms with E-state index >= 15 is 0 Å². The van der Waals surface area contributed by atoms with Gasteiger partial charge in [-0.2, -0.15) is 13.2 Å². The molecular weight excluding hydrogens is 341 g/mol. The van der Waals surface area contributed by atoms with Crippen LogP contribution in [0.15, 0.2) is 12.1 Å². The van der Waals surface area contributed by atoms with E-state index in [1.54, 1.807) is 6.92 Å². The first-order valence-corrected chi connectivity index (χ1v) is 7.89. The van der Waals surface area contributed by atoms with Crippen LogP contribution in [0.25, 0.3) is 0 Å². The lowest BCUT2D eigenvalue weighted by molar-refractivity contribution is -0.192. The van der Waals surface area contributed by atoms with Gasteiger partial charge in [0.15, 0.2) is 0 Å². The number of phenols is 1. The van der Waals surface area contributed by atoms with E-state index in [0.29, 0.717) is 12.0 Å². The van der Waals surface area contributed by atoms with Crippen LogP contribution >= 0.6 is 0 Å². The Morgan fingerprint density at radius 2 is 2.00 bits per heavy atom. The monoisotopic (exact) mass is 360 g/mol. The van der Waals surface area contributed by atoms with Crippen LogP contribution in [0, 0.1) is 5.92 Å². The van der Waals surface area contributed by atoms with Crippen LogP contribution in [0.1, 0.15) is 31.4 Å². The second-order valence-corrected chi connectivity index (χ2v) is 7.01. The molecule has 3 atom stereocenters. The summed E-state index contributed by atoms with van der Waals surface area (Å²) < 4.78 is 38.7. The molecular formula is C16H19F3N2O4. The number of amides is 1. The minimum absolute atomic E-state index is 0.0159. The fourth-order valence-corrected chi connectivity index (χ4v) is 4.23. The summed E-state index contributed by atoms with van der Waals surface area (Å²) in [7, 11) is 0. The molecule has 1 fully saturated rings. The molecule has 2 aliphatic rings. The van der Waals surface area contributed by atoms with Gasteiger partial charge in [-0.3, -0.25) is 15.2 Å². The fourth-order valence-electron chi connectivity index (χ4n) is 4.23. The molecule has 0 unspecified atom stereocenters. The normalized spacial score (nSPS) is 28.5. The second kappa shape index (κ2) is 5.50. The van der Waals surface area contributed by atoms with E-state index < -0.39 is 23.5 Å². The number of rotatable bonds is 1. The summed E-state index contributed by atoms with van der Waals surface area (Å²) in [5.41, 5.74) is 0.570. The van der Waals surface area contributed by atoms with Crippen LogP contribution in [0.4, 0.5) is 18.9 Å². The zero-order valence-electron chi connectivity index (χ0n) is 13.7. The number of phenolic OH excluding ortho intramolecular Hbond substituents is 1. The van der Waals surface area contributed by atoms with E-state index in [9.17, 15) is 33.5 Å². The minimum atomic E-state index is -4.93. The van der Waals surface area contributed by atoms with Crippen LogP contribution in [0.2, 0.25) is 0 Å². The van der Waals surface area contributed by atoms with Crippen molar-refractivity contribution in [3.63, 3.8) is 0 Å². The summed E-state index contributed by atoms with van der Waals surface area (Å²) in [6.45, 7) is 3.68. The zero-order chi connectivity index (χ0) is 18.7. The molecule has 1 heterocycles. The Labute approximate surface area is 142 Å². The number of benzene rings is 1. The number of carbonyl (C=O) groups excluding carboxylic acids is 1. The van der Waals surface area contributed by atoms with Crippen molar-refractivity contribution in [1.29, 1.82) is 0 Å². The van der Waals surface area contributed by atoms with Crippen LogP contribution in [0.5, 0.6) is 5.75 Å². The largest absolute Gasteiger partial charge is 0.506 e. The highest BCUT2D eigenvalue weighted by atomic mass is 19.4. The predicted molar refractivity (Wildman–Crippen MR) is 80.6 cm³/mol. The molecule has 3 rings (SSSR count). The van der Waals surface area contributed by atoms with Crippen molar-refractivity contribution in [3.8, 4) is 5.75 Å². The van der Waals surface area contributed by atoms with Gasteiger partial charge in [-0.05, 0) is 47.4 Å². The van der Waals surface area contributed by atoms with Gasteiger partial charge >= 0.3 is 12.1 Å². The Bertz CT molecular complexity index is 722. The SMILES string of the molecule is C[C@@H]1[C@H]2Cc3cc(N(O)O)c(O)cc3[C@]1(C)CCN2C(=O)C(F)(F)F. The number of anilines is 1. The Morgan fingerprint density at radius 1 is 1.36 bits per heavy atom. The second-order valence-electron chi connectivity index (χ2n) is 7.01. The predicted octanol–water partition coefficient (Wildman–Crippen LogP) is 2.59. The van der Waals surface area contributed by atoms with Crippen LogP contribution in [-0.2, 0) is 16.6 Å². The van der Waals surface area contributed by atoms with Crippen molar-refractivity contribution in [2.75, 3.05) is 11.8 Å². The molecule has 9 heteroatoms. The lowest BCUT2D eigenvalue weighted by Gasteiger charge is -2.54. The quantitative estimate of drug-likeness (QED) is 0.671. The molecule has 0 aromatic heterocycles. The molecule has 1 aliphatic heterocycles. The van der Waals surface area contributed by atoms with Crippen molar-refractivity contribution in [2.24, 2.45) is 5.92 Å². The number of halogens is 3. The smallest absolute Gasteiger partial charge is 0.471 e. The minimum Gasteiger partial charge on any atom is -0.506 e. The van der Waals surface area contributed by atoms with E-state index in [2.05, 4.69) is 0 Å². The molecule has 0 radical (unpaired) electrons. The number of likely N-dealkylation sites (tertiary alicyclic amines) is 1. The summed E-state index contributed by atoms with van der Waals surface area (Å²) in [4.78, 5) is 12.7. The molecule has 6 nitrogen and oxygen atoms in total. The van der Waals surface area contributed by atoms with Gasteiger partial charge in [-0.1, -0.05) is 13.8 Å². The molecule has 25 heavy (non-hydrogen) atoms. The standard InChI is InChI=1S/C16H19F3N2O4/c1-8-11-5-9-6-12(21(24)25)13(22)7-10(9)15(8,2)3-4-20(11)14(23)16(17,18)19/h6-8,11,22,24-25H,3-5H2,1-2H3/t8-,11-,15-/m1/s1. The highest BCUT2D eigenvalue weighted by molar-refractivity contribution is 5.82. The van der Waals surface area contributed by atoms with Crippen LogP contribution < -0.4 is 5.23 Å². The van der Waals surface area contributed by atoms with Gasteiger partial charge in [-0.25, -0.2) is 0 Å². The zero-order valence-corrected chi connectivity index (χ0v) is 13.7. The number of nitrogens with zero attached hydrogens (tertiary/aromatic N) is 2. The molecule has 3 N–H and O–H groups in total. The molecule has 0 spiro atoms. The van der Waals surface area contributed by atoms with Crippen molar-refractivity contribution in [1.82, 2.24) is 4.90 Å². The van der Waals surface area contributed by atoms with E-state index in [1.807, 2.05) is 6.92 Å². The molecule has 1 amide bonds. The fraction of sp³-hybridized carbons (Fsp3) is 0.562. The van der Waals surface area contributed by atoms with Gasteiger partial charge in [0, 0.05) is 12.6 Å². The Morgan fingerprint density at radius 3 is 2.56 bits per heavy atom. The van der Waals surface area contributed by atoms with Crippen molar-refractivity contribution in [3.05, 3.63) is 23.3 Å². The summed E-state index contributed by atoms with van der Waals surface area (Å²) in [6.07, 6.45) is -4.46. The Balaban J connectivity index is 2.07. The number of aromatic hydroxyl groups is 1. The highest BCUT2D eigenvalue weighted by Gasteiger charge is 2.54. The number of fused-ring (bicyclic) bond motifs is 4. The van der Waals surface area contributed by atoms with Gasteiger partial charge in [0.25, 0.3) is 0 Å². The summed E-state index contributed by atoms with van der Waals surface area (Å²) >= 11 is 0. The first kappa shape index (κ1) is 17.8. The van der Waals surface area contributed by atoms with Gasteiger partial charge in [0.1, 0.15) is 11.4 Å². The molecule has 2 bridgehead atoms. The van der Waals surface area contributed by atoms with E-state index in [4.69, 9.17) is 0 Å². The highest BCUT2D eigenvalue weighted by Crippen LogP contribution is 2.51. The lowest BCUT2D eigenvalue weighted by Crippen LogP contribution is -2.61. The molecule has 138 valence electrons. The average molecular weight is 360 g/mol. The Kier molecular flexibility index (Phi) is 3.92. The van der Waals surface area contributed by atoms with Gasteiger partial charge in [0.05, 0.1) is 0 Å². The first-order valence-electron chi connectivity index (χ1n) is 7.89. The molecule has 1 aliphatic carbocycles. The number of hydrogen-bond acceptors (Lipinski definition) is 5. The molecule has 1 saturated heterocycles. The van der Waals surface area contributed by atoms with E-state index in [1.165, 1.54) is 12.1 Å². The maximum Gasteiger partial charge on any atom is 0.471 e. The average Bonchev–Trinajstić information content (AvgIpc) is 2.49. The molecule has 0 saturated carbocycles. The third-order valence-electron chi connectivity index (χ3n) is 5.82. The van der Waals surface area contributed by atoms with Gasteiger partial charge in [-0.15, -0.1) is 5.23 Å². The number of hydrogen-bond donors (Lipinski definition) is 3. The summed E-state index contributed by atoms with van der Waals surface area (Å²) in [5.74, 6) is -2.42. The van der Waals surface area contributed by atoms with Gasteiger partial charge in [0.2, 0.25) is 0 Å². The third kappa shape index (κ3) is 2.62. The number of piperidine rings is 1. The summed E-state index contributed by atoms with van der Waals surface area (Å²) in [5, 5.41) is 28.2. The van der Waals surface area contributed by atoms with E-state index in [0.717, 1.165) is 10.5 Å². The number of alkyl halides is 3. The maximum atomic E-state index is 12.9. The lowest BCUT2D eigenvalue weighted by atomic mass is 9.59. The first-order chi connectivity index (χ1) is 11.5. The topological polar surface area (TPSA) is 84.2 Å². The third-order valence-corrected chi connectivity index (χ3v) is 5.82. The maximum absolute atomic E-state index is 12.9. The van der Waals surface area contributed by atoms with Crippen LogP contribution in [-0.4, -0.2) is 45.1 Å². The number of carbonyl (C=O) groups is 1. The summed E-state index contributed by atoms with van der Waals surface area (Å²) in [6, 6.07) is 2.12.